The number of carbonyl (C=O) groups is 1. The minimum atomic E-state index is -0.572. The van der Waals surface area contributed by atoms with E-state index in [1.807, 2.05) is 0 Å². The second-order valence-corrected chi connectivity index (χ2v) is 5.55. The Balaban J connectivity index is 2.53. The van der Waals surface area contributed by atoms with Gasteiger partial charge in [-0.05, 0) is 46.3 Å². The molecule has 0 aromatic heterocycles. The largest absolute Gasteiger partial charge is 0.496 e. The van der Waals surface area contributed by atoms with E-state index < -0.39 is 11.6 Å². The summed E-state index contributed by atoms with van der Waals surface area (Å²) in [6.07, 6.45) is 0. The van der Waals surface area contributed by atoms with Crippen molar-refractivity contribution in [3.63, 3.8) is 0 Å². The second kappa shape index (κ2) is 5.84. The quantitative estimate of drug-likeness (QED) is 0.720. The Bertz CT molecular complexity index is 641. The van der Waals surface area contributed by atoms with Gasteiger partial charge in [-0.3, -0.25) is 4.79 Å². The van der Waals surface area contributed by atoms with Gasteiger partial charge in [-0.15, -0.1) is 0 Å². The number of methoxy groups -OCH3 is 1. The van der Waals surface area contributed by atoms with E-state index in [1.165, 1.54) is 13.2 Å². The first-order valence-electron chi connectivity index (χ1n) is 5.37. The number of ether oxygens (including phenoxy) is 1. The third kappa shape index (κ3) is 2.87. The second-order valence-electron chi connectivity index (χ2n) is 3.78. The number of benzene rings is 2. The van der Waals surface area contributed by atoms with Crippen molar-refractivity contribution < 1.29 is 13.9 Å². The van der Waals surface area contributed by atoms with Crippen molar-refractivity contribution >= 4 is 37.6 Å². The molecule has 2 rings (SSSR count). The molecule has 0 amide bonds. The predicted octanol–water partition coefficient (Wildman–Crippen LogP) is 4.59. The molecule has 2 nitrogen and oxygen atoms in total. The number of carbonyl (C=O) groups excluding carboxylic acids is 1. The van der Waals surface area contributed by atoms with Crippen molar-refractivity contribution in [2.24, 2.45) is 0 Å². The summed E-state index contributed by atoms with van der Waals surface area (Å²) in [5, 5.41) is 0. The normalized spacial score (nSPS) is 10.3. The van der Waals surface area contributed by atoms with Crippen LogP contribution in [-0.4, -0.2) is 12.9 Å². The van der Waals surface area contributed by atoms with Gasteiger partial charge >= 0.3 is 0 Å². The molecule has 0 aliphatic carbocycles. The highest BCUT2D eigenvalue weighted by Crippen LogP contribution is 2.28. The summed E-state index contributed by atoms with van der Waals surface area (Å²) in [4.78, 5) is 12.4. The first-order chi connectivity index (χ1) is 9.04. The third-order valence-electron chi connectivity index (χ3n) is 2.60. The number of rotatable bonds is 3. The summed E-state index contributed by atoms with van der Waals surface area (Å²) in [7, 11) is 1.47. The molecular formula is C14H9Br2FO2. The number of ketones is 1. The van der Waals surface area contributed by atoms with Crippen LogP contribution in [0.5, 0.6) is 5.75 Å². The highest BCUT2D eigenvalue weighted by atomic mass is 79.9. The molecule has 19 heavy (non-hydrogen) atoms. The lowest BCUT2D eigenvalue weighted by Gasteiger charge is -2.09. The van der Waals surface area contributed by atoms with E-state index in [-0.39, 0.29) is 10.0 Å². The zero-order valence-electron chi connectivity index (χ0n) is 9.91. The van der Waals surface area contributed by atoms with E-state index >= 15 is 0 Å². The van der Waals surface area contributed by atoms with Crippen LogP contribution in [0.25, 0.3) is 0 Å². The van der Waals surface area contributed by atoms with Crippen LogP contribution in [0.3, 0.4) is 0 Å². The van der Waals surface area contributed by atoms with Crippen molar-refractivity contribution in [2.75, 3.05) is 7.11 Å². The van der Waals surface area contributed by atoms with Crippen molar-refractivity contribution in [3.05, 3.63) is 62.3 Å². The van der Waals surface area contributed by atoms with E-state index in [9.17, 15) is 9.18 Å². The van der Waals surface area contributed by atoms with Gasteiger partial charge in [0, 0.05) is 4.47 Å². The molecule has 0 atom stereocenters. The van der Waals surface area contributed by atoms with Gasteiger partial charge in [-0.2, -0.15) is 0 Å². The Labute approximate surface area is 126 Å². The Morgan fingerprint density at radius 2 is 1.89 bits per heavy atom. The van der Waals surface area contributed by atoms with Crippen LogP contribution < -0.4 is 4.74 Å². The lowest BCUT2D eigenvalue weighted by molar-refractivity contribution is 0.103. The van der Waals surface area contributed by atoms with Crippen LogP contribution in [0.1, 0.15) is 15.9 Å². The van der Waals surface area contributed by atoms with Crippen LogP contribution in [0.2, 0.25) is 0 Å². The molecule has 5 heteroatoms. The number of hydrogen-bond donors (Lipinski definition) is 0. The van der Waals surface area contributed by atoms with Crippen LogP contribution in [0.15, 0.2) is 45.3 Å². The molecule has 2 aromatic carbocycles. The highest BCUT2D eigenvalue weighted by molar-refractivity contribution is 9.10. The first-order valence-corrected chi connectivity index (χ1v) is 6.95. The smallest absolute Gasteiger partial charge is 0.199 e. The van der Waals surface area contributed by atoms with Crippen LogP contribution in [0, 0.1) is 5.82 Å². The summed E-state index contributed by atoms with van der Waals surface area (Å²) in [6, 6.07) is 9.60. The Morgan fingerprint density at radius 3 is 2.58 bits per heavy atom. The van der Waals surface area contributed by atoms with E-state index in [0.29, 0.717) is 11.3 Å². The molecule has 98 valence electrons. The van der Waals surface area contributed by atoms with Gasteiger partial charge in [0.25, 0.3) is 0 Å². The summed E-state index contributed by atoms with van der Waals surface area (Å²) in [5.41, 5.74) is 0.331. The predicted molar refractivity (Wildman–Crippen MR) is 78.2 cm³/mol. The summed E-state index contributed by atoms with van der Waals surface area (Å²) in [6.45, 7) is 0. The molecule has 0 spiro atoms. The Morgan fingerprint density at radius 1 is 1.16 bits per heavy atom. The fourth-order valence-corrected chi connectivity index (χ4v) is 2.38. The zero-order chi connectivity index (χ0) is 14.0. The molecule has 0 radical (unpaired) electrons. The minimum absolute atomic E-state index is 0.00926. The van der Waals surface area contributed by atoms with E-state index in [0.717, 1.165) is 4.47 Å². The number of hydrogen-bond acceptors (Lipinski definition) is 2. The van der Waals surface area contributed by atoms with Gasteiger partial charge in [-0.25, -0.2) is 4.39 Å². The number of halogens is 3. The average molecular weight is 388 g/mol. The van der Waals surface area contributed by atoms with Gasteiger partial charge < -0.3 is 4.74 Å². The standard InChI is InChI=1S/C14H9Br2FO2/c1-19-12-7-8(15)5-6-9(12)14(18)10-3-2-4-11(16)13(10)17/h2-7H,1H3. The van der Waals surface area contributed by atoms with Crippen LogP contribution in [-0.2, 0) is 0 Å². The molecule has 0 aliphatic rings. The summed E-state index contributed by atoms with van der Waals surface area (Å²) >= 11 is 6.36. The molecule has 0 aliphatic heterocycles. The third-order valence-corrected chi connectivity index (χ3v) is 3.71. The Kier molecular flexibility index (Phi) is 4.37. The molecule has 0 fully saturated rings. The van der Waals surface area contributed by atoms with Gasteiger partial charge in [-0.1, -0.05) is 22.0 Å². The molecule has 0 saturated heterocycles. The fraction of sp³-hybridized carbons (Fsp3) is 0.0714. The molecule has 2 aromatic rings. The molecular weight excluding hydrogens is 379 g/mol. The van der Waals surface area contributed by atoms with Gasteiger partial charge in [0.1, 0.15) is 11.6 Å². The maximum atomic E-state index is 13.9. The van der Waals surface area contributed by atoms with Crippen molar-refractivity contribution in [3.8, 4) is 5.75 Å². The van der Waals surface area contributed by atoms with E-state index in [1.54, 1.807) is 30.3 Å². The zero-order valence-corrected chi connectivity index (χ0v) is 13.1. The topological polar surface area (TPSA) is 26.3 Å². The monoisotopic (exact) mass is 386 g/mol. The lowest BCUT2D eigenvalue weighted by Crippen LogP contribution is -2.06. The SMILES string of the molecule is COc1cc(Br)ccc1C(=O)c1cccc(Br)c1F. The first kappa shape index (κ1) is 14.2. The molecule has 0 bridgehead atoms. The van der Waals surface area contributed by atoms with E-state index in [4.69, 9.17) is 4.74 Å². The maximum absolute atomic E-state index is 13.9. The lowest BCUT2D eigenvalue weighted by atomic mass is 10.0. The van der Waals surface area contributed by atoms with Crippen LogP contribution in [0.4, 0.5) is 4.39 Å². The fourth-order valence-electron chi connectivity index (χ4n) is 1.68. The summed E-state index contributed by atoms with van der Waals surface area (Å²) in [5.74, 6) is -0.584. The van der Waals surface area contributed by atoms with Gasteiger partial charge in [0.2, 0.25) is 0 Å². The van der Waals surface area contributed by atoms with Crippen LogP contribution >= 0.6 is 31.9 Å². The van der Waals surface area contributed by atoms with E-state index in [2.05, 4.69) is 31.9 Å². The van der Waals surface area contributed by atoms with Crippen molar-refractivity contribution in [1.82, 2.24) is 0 Å². The maximum Gasteiger partial charge on any atom is 0.199 e. The van der Waals surface area contributed by atoms with Crippen molar-refractivity contribution in [2.45, 2.75) is 0 Å². The molecule has 0 N–H and O–H groups in total. The Hall–Kier alpha value is -1.20. The summed E-state index contributed by atoms with van der Waals surface area (Å²) < 4.78 is 20.1. The van der Waals surface area contributed by atoms with Gasteiger partial charge in [0.05, 0.1) is 22.7 Å². The van der Waals surface area contributed by atoms with Crippen molar-refractivity contribution in [1.29, 1.82) is 0 Å². The molecule has 0 heterocycles. The minimum Gasteiger partial charge on any atom is -0.496 e. The van der Waals surface area contributed by atoms with Gasteiger partial charge in [0.15, 0.2) is 5.78 Å². The highest BCUT2D eigenvalue weighted by Gasteiger charge is 2.19. The molecule has 0 saturated carbocycles. The molecule has 0 unspecified atom stereocenters. The average Bonchev–Trinajstić information content (AvgIpc) is 2.41.